The molecule has 1 fully saturated rings. The van der Waals surface area contributed by atoms with Gasteiger partial charge in [-0.3, -0.25) is 0 Å². The SMILES string of the molecule is CCC1OCCC1CNc1ccc(F)c(N)c1C(=O)O. The molecule has 0 aliphatic carbocycles. The predicted molar refractivity (Wildman–Crippen MR) is 74.4 cm³/mol. The highest BCUT2D eigenvalue weighted by molar-refractivity contribution is 6.00. The molecule has 5 nitrogen and oxygen atoms in total. The molecule has 1 aromatic carbocycles. The molecule has 0 saturated carbocycles. The van der Waals surface area contributed by atoms with Crippen LogP contribution in [0, 0.1) is 11.7 Å². The zero-order chi connectivity index (χ0) is 14.7. The van der Waals surface area contributed by atoms with Gasteiger partial charge in [0.2, 0.25) is 0 Å². The highest BCUT2D eigenvalue weighted by Crippen LogP contribution is 2.28. The zero-order valence-corrected chi connectivity index (χ0v) is 11.4. The standard InChI is InChI=1S/C14H19FN2O3/c1-2-11-8(5-6-20-11)7-17-10-4-3-9(15)13(16)12(10)14(18)19/h3-4,8,11,17H,2,5-7,16H2,1H3,(H,18,19). The van der Waals surface area contributed by atoms with Crippen molar-refractivity contribution < 1.29 is 19.0 Å². The van der Waals surface area contributed by atoms with E-state index in [2.05, 4.69) is 12.2 Å². The van der Waals surface area contributed by atoms with Crippen LogP contribution in [-0.4, -0.2) is 30.3 Å². The van der Waals surface area contributed by atoms with E-state index < -0.39 is 11.8 Å². The van der Waals surface area contributed by atoms with Gasteiger partial charge < -0.3 is 20.9 Å². The lowest BCUT2D eigenvalue weighted by Crippen LogP contribution is -2.23. The molecule has 1 aromatic rings. The number of carboxylic acids is 1. The normalized spacial score (nSPS) is 21.9. The molecule has 2 rings (SSSR count). The van der Waals surface area contributed by atoms with E-state index >= 15 is 0 Å². The molecule has 2 atom stereocenters. The average molecular weight is 282 g/mol. The molecule has 1 aliphatic rings. The van der Waals surface area contributed by atoms with E-state index in [1.807, 2.05) is 0 Å². The molecule has 0 bridgehead atoms. The summed E-state index contributed by atoms with van der Waals surface area (Å²) in [5.41, 5.74) is 5.30. The van der Waals surface area contributed by atoms with Gasteiger partial charge in [0.1, 0.15) is 11.4 Å². The largest absolute Gasteiger partial charge is 0.478 e. The van der Waals surface area contributed by atoms with Gasteiger partial charge in [-0.2, -0.15) is 0 Å². The zero-order valence-electron chi connectivity index (χ0n) is 11.4. The molecule has 0 spiro atoms. The maximum absolute atomic E-state index is 13.3. The van der Waals surface area contributed by atoms with E-state index in [0.717, 1.165) is 19.4 Å². The maximum Gasteiger partial charge on any atom is 0.340 e. The van der Waals surface area contributed by atoms with Crippen LogP contribution in [0.5, 0.6) is 0 Å². The predicted octanol–water partition coefficient (Wildman–Crippen LogP) is 2.33. The third kappa shape index (κ3) is 2.85. The Morgan fingerprint density at radius 3 is 3.00 bits per heavy atom. The van der Waals surface area contributed by atoms with Crippen LogP contribution >= 0.6 is 0 Å². The van der Waals surface area contributed by atoms with Gasteiger partial charge in [-0.05, 0) is 25.0 Å². The van der Waals surface area contributed by atoms with E-state index in [4.69, 9.17) is 15.6 Å². The summed E-state index contributed by atoms with van der Waals surface area (Å²) in [5, 5.41) is 12.2. The molecule has 20 heavy (non-hydrogen) atoms. The number of halogens is 1. The number of rotatable bonds is 5. The van der Waals surface area contributed by atoms with Crippen molar-refractivity contribution in [1.82, 2.24) is 0 Å². The first-order valence-corrected chi connectivity index (χ1v) is 6.71. The quantitative estimate of drug-likeness (QED) is 0.722. The molecule has 1 saturated heterocycles. The first-order chi connectivity index (χ1) is 9.54. The van der Waals surface area contributed by atoms with Crippen LogP contribution in [0.2, 0.25) is 0 Å². The Labute approximate surface area is 116 Å². The minimum absolute atomic E-state index is 0.188. The lowest BCUT2D eigenvalue weighted by Gasteiger charge is -2.19. The molecule has 4 N–H and O–H groups in total. The van der Waals surface area contributed by atoms with Crippen molar-refractivity contribution in [2.45, 2.75) is 25.9 Å². The van der Waals surface area contributed by atoms with Crippen molar-refractivity contribution in [3.63, 3.8) is 0 Å². The Hall–Kier alpha value is -1.82. The number of hydrogen-bond donors (Lipinski definition) is 3. The Balaban J connectivity index is 2.13. The topological polar surface area (TPSA) is 84.6 Å². The lowest BCUT2D eigenvalue weighted by molar-refractivity contribution is 0.0698. The minimum Gasteiger partial charge on any atom is -0.478 e. The fourth-order valence-corrected chi connectivity index (χ4v) is 2.59. The number of ether oxygens (including phenoxy) is 1. The Bertz CT molecular complexity index is 507. The number of hydrogen-bond acceptors (Lipinski definition) is 4. The summed E-state index contributed by atoms with van der Waals surface area (Å²) < 4.78 is 18.9. The van der Waals surface area contributed by atoms with Crippen molar-refractivity contribution in [3.8, 4) is 0 Å². The molecule has 0 amide bonds. The summed E-state index contributed by atoms with van der Waals surface area (Å²) in [5.74, 6) is -1.63. The van der Waals surface area contributed by atoms with Gasteiger partial charge in [0.25, 0.3) is 0 Å². The van der Waals surface area contributed by atoms with Crippen LogP contribution in [0.3, 0.4) is 0 Å². The van der Waals surface area contributed by atoms with Gasteiger partial charge in [-0.15, -0.1) is 0 Å². The fraction of sp³-hybridized carbons (Fsp3) is 0.500. The van der Waals surface area contributed by atoms with Crippen molar-refractivity contribution in [3.05, 3.63) is 23.5 Å². The third-order valence-corrected chi connectivity index (χ3v) is 3.71. The number of aromatic carboxylic acids is 1. The molecule has 1 heterocycles. The first-order valence-electron chi connectivity index (χ1n) is 6.71. The van der Waals surface area contributed by atoms with Gasteiger partial charge in [-0.25, -0.2) is 9.18 Å². The highest BCUT2D eigenvalue weighted by atomic mass is 19.1. The fourth-order valence-electron chi connectivity index (χ4n) is 2.59. The molecule has 2 unspecified atom stereocenters. The summed E-state index contributed by atoms with van der Waals surface area (Å²) in [7, 11) is 0. The van der Waals surface area contributed by atoms with Crippen LogP contribution in [0.4, 0.5) is 15.8 Å². The summed E-state index contributed by atoms with van der Waals surface area (Å²) in [6.07, 6.45) is 2.04. The average Bonchev–Trinajstić information content (AvgIpc) is 2.87. The maximum atomic E-state index is 13.3. The minimum atomic E-state index is -1.24. The summed E-state index contributed by atoms with van der Waals surface area (Å²) >= 11 is 0. The summed E-state index contributed by atoms with van der Waals surface area (Å²) in [6, 6.07) is 2.58. The summed E-state index contributed by atoms with van der Waals surface area (Å²) in [6.45, 7) is 3.37. The number of carboxylic acid groups (broad SMARTS) is 1. The highest BCUT2D eigenvalue weighted by Gasteiger charge is 2.27. The van der Waals surface area contributed by atoms with Crippen molar-refractivity contribution in [1.29, 1.82) is 0 Å². The van der Waals surface area contributed by atoms with E-state index in [-0.39, 0.29) is 17.4 Å². The number of benzene rings is 1. The third-order valence-electron chi connectivity index (χ3n) is 3.71. The van der Waals surface area contributed by atoms with Gasteiger partial charge in [0.15, 0.2) is 0 Å². The van der Waals surface area contributed by atoms with Crippen molar-refractivity contribution in [2.24, 2.45) is 5.92 Å². The van der Waals surface area contributed by atoms with Crippen LogP contribution < -0.4 is 11.1 Å². The molecule has 1 aliphatic heterocycles. The molecule has 6 heteroatoms. The molecular formula is C14H19FN2O3. The Kier molecular flexibility index (Phi) is 4.44. The smallest absolute Gasteiger partial charge is 0.340 e. The number of nitrogens with two attached hydrogens (primary N) is 1. The van der Waals surface area contributed by atoms with E-state index in [0.29, 0.717) is 18.2 Å². The van der Waals surface area contributed by atoms with Crippen LogP contribution in [-0.2, 0) is 4.74 Å². The van der Waals surface area contributed by atoms with Crippen LogP contribution in [0.25, 0.3) is 0 Å². The van der Waals surface area contributed by atoms with Gasteiger partial charge in [-0.1, -0.05) is 6.92 Å². The molecular weight excluding hydrogens is 263 g/mol. The monoisotopic (exact) mass is 282 g/mol. The number of nitrogen functional groups attached to an aromatic ring is 1. The Morgan fingerprint density at radius 2 is 2.35 bits per heavy atom. The number of nitrogens with one attached hydrogen (secondary N) is 1. The van der Waals surface area contributed by atoms with E-state index in [9.17, 15) is 9.18 Å². The van der Waals surface area contributed by atoms with Crippen molar-refractivity contribution >= 4 is 17.3 Å². The Morgan fingerprint density at radius 1 is 1.60 bits per heavy atom. The second kappa shape index (κ2) is 6.09. The first kappa shape index (κ1) is 14.6. The van der Waals surface area contributed by atoms with Gasteiger partial charge in [0, 0.05) is 19.1 Å². The number of carbonyl (C=O) groups is 1. The van der Waals surface area contributed by atoms with Gasteiger partial charge >= 0.3 is 5.97 Å². The number of anilines is 2. The lowest BCUT2D eigenvalue weighted by atomic mass is 9.99. The summed E-state index contributed by atoms with van der Waals surface area (Å²) in [4.78, 5) is 11.2. The second-order valence-corrected chi connectivity index (χ2v) is 4.94. The van der Waals surface area contributed by atoms with Crippen LogP contribution in [0.15, 0.2) is 12.1 Å². The molecule has 110 valence electrons. The van der Waals surface area contributed by atoms with Crippen LogP contribution in [0.1, 0.15) is 30.1 Å². The van der Waals surface area contributed by atoms with E-state index in [1.165, 1.54) is 12.1 Å². The van der Waals surface area contributed by atoms with Crippen molar-refractivity contribution in [2.75, 3.05) is 24.2 Å². The van der Waals surface area contributed by atoms with Gasteiger partial charge in [0.05, 0.1) is 17.5 Å². The molecule has 0 radical (unpaired) electrons. The second-order valence-electron chi connectivity index (χ2n) is 4.94. The molecule has 0 aromatic heterocycles. The van der Waals surface area contributed by atoms with E-state index in [1.54, 1.807) is 0 Å².